The normalized spacial score (nSPS) is 27.9. The Balaban J connectivity index is 2.00. The molecule has 1 spiro atoms. The van der Waals surface area contributed by atoms with Gasteiger partial charge < -0.3 is 10.4 Å². The number of fused-ring (bicyclic) bond motifs is 2. The minimum Gasteiger partial charge on any atom is -0.396 e. The fraction of sp³-hybridized carbons (Fsp3) is 0.333. The second-order valence-electron chi connectivity index (χ2n) is 6.97. The van der Waals surface area contributed by atoms with E-state index in [0.717, 1.165) is 0 Å². The van der Waals surface area contributed by atoms with Crippen molar-refractivity contribution in [3.63, 3.8) is 0 Å². The highest BCUT2D eigenvalue weighted by Crippen LogP contribution is 2.53. The molecule has 0 saturated carbocycles. The first-order valence-electron chi connectivity index (χ1n) is 8.74. The van der Waals surface area contributed by atoms with E-state index in [1.807, 2.05) is 0 Å². The van der Waals surface area contributed by atoms with E-state index in [1.54, 1.807) is 12.1 Å². The van der Waals surface area contributed by atoms with Gasteiger partial charge in [0.25, 0.3) is 0 Å². The number of pyridine rings is 1. The molecule has 0 unspecified atom stereocenters. The topological polar surface area (TPSA) is 117 Å². The Morgan fingerprint density at radius 3 is 2.79 bits per heavy atom. The number of aromatic nitrogens is 1. The SMILES string of the molecule is O=C1Nc2cc(Cl)ccc2[C@]12N[C@@H](CCO)[C@@H]([N+](=O)[O-])[C@@H]2c1ccnc(Cl)c1F. The number of aliphatic hydroxyl groups excluding tert-OH is 1. The lowest BCUT2D eigenvalue weighted by atomic mass is 9.74. The summed E-state index contributed by atoms with van der Waals surface area (Å²) in [5, 5.41) is 27.1. The van der Waals surface area contributed by atoms with Crippen molar-refractivity contribution in [3.05, 3.63) is 67.7 Å². The molecule has 1 aromatic heterocycles. The summed E-state index contributed by atoms with van der Waals surface area (Å²) >= 11 is 11.9. The smallest absolute Gasteiger partial charge is 0.250 e. The Labute approximate surface area is 174 Å². The number of nitrogens with one attached hydrogen (secondary N) is 2. The quantitative estimate of drug-likeness (QED) is 0.381. The Bertz CT molecular complexity index is 1020. The molecule has 1 amide bonds. The fourth-order valence-electron chi connectivity index (χ4n) is 4.46. The van der Waals surface area contributed by atoms with E-state index >= 15 is 0 Å². The molecule has 1 fully saturated rings. The van der Waals surface area contributed by atoms with Crippen LogP contribution in [-0.2, 0) is 10.3 Å². The molecule has 4 rings (SSSR count). The maximum Gasteiger partial charge on any atom is 0.250 e. The van der Waals surface area contributed by atoms with Gasteiger partial charge in [0.15, 0.2) is 11.0 Å². The zero-order valence-corrected chi connectivity index (χ0v) is 16.2. The maximum atomic E-state index is 15.0. The van der Waals surface area contributed by atoms with Crippen LogP contribution < -0.4 is 10.6 Å². The summed E-state index contributed by atoms with van der Waals surface area (Å²) < 4.78 is 15.0. The van der Waals surface area contributed by atoms with E-state index < -0.39 is 45.3 Å². The summed E-state index contributed by atoms with van der Waals surface area (Å²) in [5.41, 5.74) is -0.940. The van der Waals surface area contributed by atoms with Crippen molar-refractivity contribution in [1.29, 1.82) is 0 Å². The van der Waals surface area contributed by atoms with E-state index in [2.05, 4.69) is 15.6 Å². The number of anilines is 1. The van der Waals surface area contributed by atoms with Gasteiger partial charge >= 0.3 is 0 Å². The Morgan fingerprint density at radius 2 is 2.10 bits per heavy atom. The van der Waals surface area contributed by atoms with E-state index in [9.17, 15) is 24.4 Å². The summed E-state index contributed by atoms with van der Waals surface area (Å²) in [6.07, 6.45) is 1.24. The van der Waals surface area contributed by atoms with Gasteiger partial charge in [-0.25, -0.2) is 9.37 Å². The highest BCUT2D eigenvalue weighted by molar-refractivity contribution is 6.31. The predicted molar refractivity (Wildman–Crippen MR) is 103 cm³/mol. The molecule has 8 nitrogen and oxygen atoms in total. The second-order valence-corrected chi connectivity index (χ2v) is 7.77. The summed E-state index contributed by atoms with van der Waals surface area (Å²) in [6, 6.07) is 3.65. The molecule has 0 bridgehead atoms. The number of carbonyl (C=O) groups is 1. The number of nitrogens with zero attached hydrogens (tertiary/aromatic N) is 2. The molecule has 3 N–H and O–H groups in total. The fourth-order valence-corrected chi connectivity index (χ4v) is 4.79. The van der Waals surface area contributed by atoms with Crippen molar-refractivity contribution in [2.75, 3.05) is 11.9 Å². The van der Waals surface area contributed by atoms with Crippen LogP contribution in [0.15, 0.2) is 30.5 Å². The molecule has 11 heteroatoms. The van der Waals surface area contributed by atoms with Crippen molar-refractivity contribution in [1.82, 2.24) is 10.3 Å². The van der Waals surface area contributed by atoms with Crippen LogP contribution in [0.4, 0.5) is 10.1 Å². The molecule has 3 heterocycles. The Morgan fingerprint density at radius 1 is 1.34 bits per heavy atom. The van der Waals surface area contributed by atoms with Gasteiger partial charge in [0.1, 0.15) is 5.54 Å². The molecular weight excluding hydrogens is 426 g/mol. The zero-order chi connectivity index (χ0) is 20.9. The molecule has 29 heavy (non-hydrogen) atoms. The molecule has 2 aromatic rings. The number of rotatable bonds is 4. The van der Waals surface area contributed by atoms with Crippen molar-refractivity contribution in [3.8, 4) is 0 Å². The third kappa shape index (κ3) is 2.88. The van der Waals surface area contributed by atoms with Gasteiger partial charge in [-0.2, -0.15) is 0 Å². The van der Waals surface area contributed by atoms with Gasteiger partial charge in [-0.3, -0.25) is 20.2 Å². The highest BCUT2D eigenvalue weighted by atomic mass is 35.5. The highest BCUT2D eigenvalue weighted by Gasteiger charge is 2.67. The minimum absolute atomic E-state index is 0.000530. The summed E-state index contributed by atoms with van der Waals surface area (Å²) in [6.45, 7) is -0.348. The van der Waals surface area contributed by atoms with E-state index in [4.69, 9.17) is 23.2 Å². The molecule has 4 atom stereocenters. The van der Waals surface area contributed by atoms with Crippen LogP contribution in [0.2, 0.25) is 10.2 Å². The molecule has 0 aliphatic carbocycles. The minimum atomic E-state index is -1.64. The average molecular weight is 441 g/mol. The zero-order valence-electron chi connectivity index (χ0n) is 14.7. The van der Waals surface area contributed by atoms with Crippen LogP contribution in [0, 0.1) is 15.9 Å². The van der Waals surface area contributed by atoms with Crippen molar-refractivity contribution < 1.29 is 19.2 Å². The van der Waals surface area contributed by atoms with Crippen LogP contribution in [-0.4, -0.2) is 39.6 Å². The number of benzene rings is 1. The molecule has 152 valence electrons. The van der Waals surface area contributed by atoms with Gasteiger partial charge in [-0.15, -0.1) is 0 Å². The Hall–Kier alpha value is -2.33. The van der Waals surface area contributed by atoms with Gasteiger partial charge in [-0.05, 0) is 24.6 Å². The second kappa shape index (κ2) is 7.17. The first-order valence-corrected chi connectivity index (χ1v) is 9.50. The molecule has 1 aromatic carbocycles. The van der Waals surface area contributed by atoms with Crippen molar-refractivity contribution >= 4 is 34.8 Å². The number of hydrogen-bond acceptors (Lipinski definition) is 6. The summed E-state index contributed by atoms with van der Waals surface area (Å²) in [5.74, 6) is -2.73. The van der Waals surface area contributed by atoms with Crippen LogP contribution >= 0.6 is 23.2 Å². The lowest BCUT2D eigenvalue weighted by molar-refractivity contribution is -0.527. The molecule has 2 aliphatic rings. The predicted octanol–water partition coefficient (Wildman–Crippen LogP) is 2.46. The van der Waals surface area contributed by atoms with Gasteiger partial charge in [0.2, 0.25) is 11.9 Å². The number of aliphatic hydroxyl groups is 1. The van der Waals surface area contributed by atoms with E-state index in [-0.39, 0.29) is 18.6 Å². The van der Waals surface area contributed by atoms with E-state index in [1.165, 1.54) is 18.3 Å². The molecule has 2 aliphatic heterocycles. The monoisotopic (exact) mass is 440 g/mol. The average Bonchev–Trinajstić information content (AvgIpc) is 3.13. The van der Waals surface area contributed by atoms with Crippen molar-refractivity contribution in [2.45, 2.75) is 30.0 Å². The largest absolute Gasteiger partial charge is 0.396 e. The van der Waals surface area contributed by atoms with Crippen LogP contribution in [0.25, 0.3) is 0 Å². The van der Waals surface area contributed by atoms with Crippen LogP contribution in [0.3, 0.4) is 0 Å². The number of carbonyl (C=O) groups excluding carboxylic acids is 1. The lowest BCUT2D eigenvalue weighted by Crippen LogP contribution is -2.49. The van der Waals surface area contributed by atoms with Gasteiger partial charge in [0, 0.05) is 39.6 Å². The van der Waals surface area contributed by atoms with Crippen LogP contribution in [0.5, 0.6) is 0 Å². The number of nitro groups is 1. The summed E-state index contributed by atoms with van der Waals surface area (Å²) in [4.78, 5) is 28.3. The Kier molecular flexibility index (Phi) is 4.94. The number of amides is 1. The third-order valence-corrected chi connectivity index (χ3v) is 6.04. The summed E-state index contributed by atoms with van der Waals surface area (Å²) in [7, 11) is 0. The lowest BCUT2D eigenvalue weighted by Gasteiger charge is -2.30. The van der Waals surface area contributed by atoms with Crippen LogP contribution in [0.1, 0.15) is 23.5 Å². The van der Waals surface area contributed by atoms with E-state index in [0.29, 0.717) is 16.3 Å². The number of halogens is 3. The van der Waals surface area contributed by atoms with Gasteiger partial charge in [-0.1, -0.05) is 29.3 Å². The number of hydrogen-bond donors (Lipinski definition) is 3. The first-order chi connectivity index (χ1) is 13.8. The van der Waals surface area contributed by atoms with Gasteiger partial charge in [0.05, 0.1) is 12.0 Å². The first kappa shape index (κ1) is 20.0. The maximum absolute atomic E-state index is 15.0. The molecule has 0 radical (unpaired) electrons. The molecular formula is C18H15Cl2FN4O4. The standard InChI is InChI=1S/C18H15Cl2FN4O4/c19-8-1-2-10-12(7-8)23-17(27)18(10)13(9-3-5-22-16(20)14(9)21)15(25(28)29)11(24-18)4-6-26/h1-3,5,7,11,13,15,24,26H,4,6H2,(H,23,27)/t11-,13-,15+,18+/m0/s1. The third-order valence-electron chi connectivity index (χ3n) is 5.54. The molecule has 1 saturated heterocycles. The van der Waals surface area contributed by atoms with Crippen molar-refractivity contribution in [2.24, 2.45) is 0 Å².